The van der Waals surface area contributed by atoms with E-state index in [2.05, 4.69) is 62.0 Å². The summed E-state index contributed by atoms with van der Waals surface area (Å²) in [5.41, 5.74) is 1.66. The van der Waals surface area contributed by atoms with Gasteiger partial charge in [-0.15, -0.1) is 0 Å². The Morgan fingerprint density at radius 2 is 0.711 bits per heavy atom. The van der Waals surface area contributed by atoms with Gasteiger partial charge in [-0.05, 0) is 127 Å². The topological polar surface area (TPSA) is 112 Å². The number of esters is 4. The van der Waals surface area contributed by atoms with Crippen molar-refractivity contribution < 1.29 is 38.1 Å². The van der Waals surface area contributed by atoms with Crippen LogP contribution in [0.25, 0.3) is 0 Å². The van der Waals surface area contributed by atoms with Crippen molar-refractivity contribution in [2.75, 3.05) is 65.0 Å². The van der Waals surface area contributed by atoms with E-state index < -0.39 is 0 Å². The van der Waals surface area contributed by atoms with Gasteiger partial charge in [0.25, 0.3) is 0 Å². The zero-order valence-corrected chi connectivity index (χ0v) is 49.8. The van der Waals surface area contributed by atoms with Gasteiger partial charge >= 0.3 is 23.9 Å². The molecule has 0 aliphatic rings. The maximum atomic E-state index is 12.5. The maximum absolute atomic E-state index is 12.5. The van der Waals surface area contributed by atoms with E-state index in [4.69, 9.17) is 18.9 Å². The molecule has 0 aliphatic carbocycles. The summed E-state index contributed by atoms with van der Waals surface area (Å²) in [5.74, 6) is 2.10. The fourth-order valence-corrected chi connectivity index (χ4v) is 10.8. The maximum Gasteiger partial charge on any atom is 0.311 e. The van der Waals surface area contributed by atoms with Crippen LogP contribution in [-0.4, -0.2) is 98.7 Å². The van der Waals surface area contributed by atoms with Crippen molar-refractivity contribution in [1.29, 1.82) is 0 Å². The van der Waals surface area contributed by atoms with Gasteiger partial charge in [0.05, 0.1) is 26.1 Å². The monoisotopic (exact) mass is 1090 g/mol. The Kier molecular flexibility index (Phi) is 44.8. The molecule has 76 heavy (non-hydrogen) atoms. The van der Waals surface area contributed by atoms with Crippen molar-refractivity contribution in [2.24, 2.45) is 0 Å². The standard InChI is InChI=1S/C64H104N2O8S2/c1-5-7-9-11-13-15-17-19-21-23-25-27-29-31-33-37-61(67)73-59-43-39-57(40-44-59)55-63(69)71-51-35-47-65(3)49-53-75-76-54-50-66(4)48-36-52-72-64(70)56-58-41-45-60(46-42-58)74-62(68)38-34-32-30-28-26-24-22-20-18-16-14-12-10-8-6-2/h19-22,39-46H,5-18,23-38,47-56H2,1-4H3/b21-19-,22-20-. The number of carbonyl (C=O) groups is 4. The quantitative estimate of drug-likeness (QED) is 0.0207. The highest BCUT2D eigenvalue weighted by atomic mass is 33.1. The first-order valence-corrected chi connectivity index (χ1v) is 32.5. The van der Waals surface area contributed by atoms with E-state index in [9.17, 15) is 19.2 Å². The third-order valence-corrected chi connectivity index (χ3v) is 15.7. The van der Waals surface area contributed by atoms with Gasteiger partial charge in [-0.3, -0.25) is 19.2 Å². The zero-order valence-electron chi connectivity index (χ0n) is 48.2. The number of unbranched alkanes of at least 4 members (excludes halogenated alkanes) is 22. The molecular formula is C64H104N2O8S2. The first-order chi connectivity index (χ1) is 37.2. The van der Waals surface area contributed by atoms with Crippen molar-refractivity contribution in [3.8, 4) is 11.5 Å². The third-order valence-electron chi connectivity index (χ3n) is 13.4. The van der Waals surface area contributed by atoms with Crippen molar-refractivity contribution in [2.45, 2.75) is 219 Å². The first-order valence-electron chi connectivity index (χ1n) is 30.0. The fraction of sp³-hybridized carbons (Fsp3) is 0.688. The second-order valence-corrected chi connectivity index (χ2v) is 23.4. The van der Waals surface area contributed by atoms with Gasteiger partial charge in [0, 0.05) is 50.5 Å². The highest BCUT2D eigenvalue weighted by Gasteiger charge is 2.11. The van der Waals surface area contributed by atoms with Crippen molar-refractivity contribution in [1.82, 2.24) is 9.80 Å². The molecule has 0 aromatic heterocycles. The largest absolute Gasteiger partial charge is 0.465 e. The lowest BCUT2D eigenvalue weighted by molar-refractivity contribution is -0.143. The molecule has 0 heterocycles. The molecule has 0 saturated carbocycles. The molecule has 2 aromatic rings. The lowest BCUT2D eigenvalue weighted by Gasteiger charge is -2.17. The van der Waals surface area contributed by atoms with Crippen LogP contribution in [0.15, 0.2) is 72.8 Å². The Balaban J connectivity index is 1.38. The summed E-state index contributed by atoms with van der Waals surface area (Å²) in [6.45, 7) is 8.90. The minimum atomic E-state index is -0.257. The molecular weight excluding hydrogens is 989 g/mol. The van der Waals surface area contributed by atoms with Crippen LogP contribution in [-0.2, 0) is 41.5 Å². The molecule has 12 heteroatoms. The predicted molar refractivity (Wildman–Crippen MR) is 322 cm³/mol. The van der Waals surface area contributed by atoms with E-state index in [0.717, 1.165) is 113 Å². The van der Waals surface area contributed by atoms with Crippen molar-refractivity contribution >= 4 is 45.5 Å². The molecule has 0 fully saturated rings. The highest BCUT2D eigenvalue weighted by molar-refractivity contribution is 8.76. The first kappa shape index (κ1) is 68.5. The van der Waals surface area contributed by atoms with Crippen molar-refractivity contribution in [3.63, 3.8) is 0 Å². The number of hydrogen-bond acceptors (Lipinski definition) is 12. The van der Waals surface area contributed by atoms with Gasteiger partial charge in [0.15, 0.2) is 0 Å². The third kappa shape index (κ3) is 42.4. The van der Waals surface area contributed by atoms with Crippen LogP contribution in [0.5, 0.6) is 11.5 Å². The summed E-state index contributed by atoms with van der Waals surface area (Å²) < 4.78 is 22.0. The van der Waals surface area contributed by atoms with E-state index in [-0.39, 0.29) is 36.7 Å². The van der Waals surface area contributed by atoms with Crippen LogP contribution in [0.4, 0.5) is 0 Å². The molecule has 0 radical (unpaired) electrons. The number of benzene rings is 2. The molecule has 0 aliphatic heterocycles. The molecule has 0 saturated heterocycles. The fourth-order valence-electron chi connectivity index (χ4n) is 8.60. The number of ether oxygens (including phenoxy) is 4. The second kappa shape index (κ2) is 49.7. The van der Waals surface area contributed by atoms with Gasteiger partial charge in [-0.2, -0.15) is 0 Å². The Labute approximate surface area is 470 Å². The Morgan fingerprint density at radius 3 is 1.05 bits per heavy atom. The number of nitrogens with zero attached hydrogens (tertiary/aromatic N) is 2. The predicted octanol–water partition coefficient (Wildman–Crippen LogP) is 16.5. The SMILES string of the molecule is CCCCCCCC/C=C\CCCCCCCC(=O)Oc1ccc(CC(=O)OCCCN(C)CCSSCCN(C)CCCOC(=O)Cc2ccc(OC(=O)CCCCCCC/C=C\CCCCCCCC)cc2)cc1. The van der Waals surface area contributed by atoms with Gasteiger partial charge in [0.1, 0.15) is 11.5 Å². The number of carbonyl (C=O) groups excluding carboxylic acids is 4. The Bertz CT molecular complexity index is 1660. The zero-order chi connectivity index (χ0) is 54.8. The van der Waals surface area contributed by atoms with E-state index in [1.54, 1.807) is 24.3 Å². The van der Waals surface area contributed by atoms with Gasteiger partial charge in [0.2, 0.25) is 0 Å². The summed E-state index contributed by atoms with van der Waals surface area (Å²) >= 11 is 0. The highest BCUT2D eigenvalue weighted by Crippen LogP contribution is 2.21. The van der Waals surface area contributed by atoms with Crippen molar-refractivity contribution in [3.05, 3.63) is 84.0 Å². The summed E-state index contributed by atoms with van der Waals surface area (Å²) in [7, 11) is 7.92. The molecule has 0 unspecified atom stereocenters. The normalized spacial score (nSPS) is 11.6. The number of hydrogen-bond donors (Lipinski definition) is 0. The minimum Gasteiger partial charge on any atom is -0.465 e. The molecule has 430 valence electrons. The molecule has 2 aromatic carbocycles. The number of rotatable bonds is 51. The Hall–Kier alpha value is -3.58. The second-order valence-electron chi connectivity index (χ2n) is 20.7. The number of allylic oxidation sites excluding steroid dienone is 4. The molecule has 0 spiro atoms. The molecule has 0 amide bonds. The van der Waals surface area contributed by atoms with E-state index in [1.807, 2.05) is 45.9 Å². The van der Waals surface area contributed by atoms with Gasteiger partial charge in [-0.25, -0.2) is 0 Å². The molecule has 2 rings (SSSR count). The van der Waals surface area contributed by atoms with Crippen LogP contribution in [0.1, 0.15) is 218 Å². The van der Waals surface area contributed by atoms with E-state index >= 15 is 0 Å². The van der Waals surface area contributed by atoms with Gasteiger partial charge < -0.3 is 28.7 Å². The van der Waals surface area contributed by atoms with Crippen LogP contribution in [0, 0.1) is 0 Å². The molecule has 0 N–H and O–H groups in total. The summed E-state index contributed by atoms with van der Waals surface area (Å²) in [5, 5.41) is 0. The van der Waals surface area contributed by atoms with Crippen LogP contribution < -0.4 is 9.47 Å². The lowest BCUT2D eigenvalue weighted by atomic mass is 10.1. The van der Waals surface area contributed by atoms with Crippen LogP contribution in [0.3, 0.4) is 0 Å². The molecule has 0 atom stereocenters. The smallest absolute Gasteiger partial charge is 0.311 e. The molecule has 0 bridgehead atoms. The average molecular weight is 1090 g/mol. The minimum absolute atomic E-state index is 0.187. The average Bonchev–Trinajstić information content (AvgIpc) is 3.41. The summed E-state index contributed by atoms with van der Waals surface area (Å²) in [4.78, 5) is 54.2. The van der Waals surface area contributed by atoms with E-state index in [0.29, 0.717) is 37.6 Å². The summed E-state index contributed by atoms with van der Waals surface area (Å²) in [6.07, 6.45) is 43.9. The van der Waals surface area contributed by atoms with Crippen LogP contribution in [0.2, 0.25) is 0 Å². The van der Waals surface area contributed by atoms with Gasteiger partial charge in [-0.1, -0.05) is 187 Å². The summed E-state index contributed by atoms with van der Waals surface area (Å²) in [6, 6.07) is 14.3. The van der Waals surface area contributed by atoms with Crippen LogP contribution >= 0.6 is 21.6 Å². The van der Waals surface area contributed by atoms with E-state index in [1.165, 1.54) is 116 Å². The molecule has 10 nitrogen and oxygen atoms in total. The Morgan fingerprint density at radius 1 is 0.395 bits per heavy atom. The lowest BCUT2D eigenvalue weighted by Crippen LogP contribution is -2.24.